The van der Waals surface area contributed by atoms with E-state index in [0.29, 0.717) is 13.1 Å². The van der Waals surface area contributed by atoms with Gasteiger partial charge in [0.15, 0.2) is 0 Å². The summed E-state index contributed by atoms with van der Waals surface area (Å²) in [5.74, 6) is -0.170. The van der Waals surface area contributed by atoms with Gasteiger partial charge < -0.3 is 20.5 Å². The Balaban J connectivity index is 1.63. The molecule has 0 spiro atoms. The second-order valence-corrected chi connectivity index (χ2v) is 6.18. The van der Waals surface area contributed by atoms with Gasteiger partial charge in [0.25, 0.3) is 0 Å². The molecule has 3 N–H and O–H groups in total. The van der Waals surface area contributed by atoms with Crippen LogP contribution in [0.4, 0.5) is 4.79 Å². The SMILES string of the molecule is CC(C)NC(=O)CNC(=O)N1CCc2c([nH]c3ccccc23)C1. The first-order chi connectivity index (χ1) is 11.0. The minimum atomic E-state index is -0.201. The number of carbonyl (C=O) groups excluding carboxylic acids is 2. The predicted octanol–water partition coefficient (Wildman–Crippen LogP) is 1.76. The number of urea groups is 1. The van der Waals surface area contributed by atoms with Gasteiger partial charge in [0, 0.05) is 29.2 Å². The highest BCUT2D eigenvalue weighted by atomic mass is 16.2. The third-order valence-electron chi connectivity index (χ3n) is 4.02. The second-order valence-electron chi connectivity index (χ2n) is 6.18. The van der Waals surface area contributed by atoms with E-state index in [1.54, 1.807) is 4.90 Å². The fourth-order valence-corrected chi connectivity index (χ4v) is 3.01. The van der Waals surface area contributed by atoms with Crippen LogP contribution in [0.2, 0.25) is 0 Å². The maximum Gasteiger partial charge on any atom is 0.318 e. The summed E-state index contributed by atoms with van der Waals surface area (Å²) in [5, 5.41) is 6.67. The molecule has 0 saturated carbocycles. The summed E-state index contributed by atoms with van der Waals surface area (Å²) in [6.07, 6.45) is 0.824. The Hall–Kier alpha value is -2.50. The third kappa shape index (κ3) is 3.31. The van der Waals surface area contributed by atoms with Crippen LogP contribution in [0.25, 0.3) is 10.9 Å². The Morgan fingerprint density at radius 3 is 2.87 bits per heavy atom. The van der Waals surface area contributed by atoms with Gasteiger partial charge in [0.05, 0.1) is 13.1 Å². The summed E-state index contributed by atoms with van der Waals surface area (Å²) in [5.41, 5.74) is 3.48. The number of hydrogen-bond donors (Lipinski definition) is 3. The van der Waals surface area contributed by atoms with E-state index in [9.17, 15) is 9.59 Å². The molecule has 23 heavy (non-hydrogen) atoms. The van der Waals surface area contributed by atoms with E-state index in [1.807, 2.05) is 32.0 Å². The highest BCUT2D eigenvalue weighted by Gasteiger charge is 2.23. The fraction of sp³-hybridized carbons (Fsp3) is 0.412. The van der Waals surface area contributed by atoms with Crippen LogP contribution in [-0.2, 0) is 17.8 Å². The van der Waals surface area contributed by atoms with E-state index in [0.717, 1.165) is 17.6 Å². The lowest BCUT2D eigenvalue weighted by molar-refractivity contribution is -0.120. The van der Waals surface area contributed by atoms with Crippen LogP contribution in [0.15, 0.2) is 24.3 Å². The summed E-state index contributed by atoms with van der Waals surface area (Å²) < 4.78 is 0. The number of aromatic amines is 1. The van der Waals surface area contributed by atoms with Gasteiger partial charge >= 0.3 is 6.03 Å². The first-order valence-electron chi connectivity index (χ1n) is 7.95. The lowest BCUT2D eigenvalue weighted by Gasteiger charge is -2.27. The number of aromatic nitrogens is 1. The molecule has 6 nitrogen and oxygen atoms in total. The Bertz CT molecular complexity index is 735. The Morgan fingerprint density at radius 1 is 1.30 bits per heavy atom. The molecule has 0 bridgehead atoms. The van der Waals surface area contributed by atoms with E-state index in [4.69, 9.17) is 0 Å². The molecular formula is C17H22N4O2. The quantitative estimate of drug-likeness (QED) is 0.807. The summed E-state index contributed by atoms with van der Waals surface area (Å²) in [6.45, 7) is 4.99. The minimum absolute atomic E-state index is 0.00702. The van der Waals surface area contributed by atoms with E-state index >= 15 is 0 Å². The van der Waals surface area contributed by atoms with E-state index in [-0.39, 0.29) is 24.5 Å². The number of H-pyrrole nitrogens is 1. The lowest BCUT2D eigenvalue weighted by Crippen LogP contribution is -2.46. The third-order valence-corrected chi connectivity index (χ3v) is 4.02. The molecule has 0 unspecified atom stereocenters. The summed E-state index contributed by atoms with van der Waals surface area (Å²) in [4.78, 5) is 29.0. The van der Waals surface area contributed by atoms with Crippen molar-refractivity contribution in [2.75, 3.05) is 13.1 Å². The van der Waals surface area contributed by atoms with Crippen molar-refractivity contribution >= 4 is 22.8 Å². The summed E-state index contributed by atoms with van der Waals surface area (Å²) in [7, 11) is 0. The monoisotopic (exact) mass is 314 g/mol. The molecule has 2 aromatic rings. The van der Waals surface area contributed by atoms with Crippen LogP contribution < -0.4 is 10.6 Å². The number of benzene rings is 1. The molecule has 3 rings (SSSR count). The largest absolute Gasteiger partial charge is 0.357 e. The number of rotatable bonds is 3. The molecule has 0 atom stereocenters. The standard InChI is InChI=1S/C17H22N4O2/c1-11(2)19-16(22)9-18-17(23)21-8-7-13-12-5-3-4-6-14(12)20-15(13)10-21/h3-6,11,20H,7-10H2,1-2H3,(H,18,23)(H,19,22). The number of fused-ring (bicyclic) bond motifs is 3. The normalized spacial score (nSPS) is 14.0. The predicted molar refractivity (Wildman–Crippen MR) is 89.1 cm³/mol. The van der Waals surface area contributed by atoms with Crippen molar-refractivity contribution in [1.82, 2.24) is 20.5 Å². The molecule has 2 heterocycles. The van der Waals surface area contributed by atoms with Gasteiger partial charge in [-0.05, 0) is 31.9 Å². The molecule has 1 aromatic carbocycles. The maximum absolute atomic E-state index is 12.2. The average Bonchev–Trinajstić information content (AvgIpc) is 2.89. The van der Waals surface area contributed by atoms with Crippen LogP contribution >= 0.6 is 0 Å². The molecule has 3 amide bonds. The smallest absolute Gasteiger partial charge is 0.318 e. The van der Waals surface area contributed by atoms with Gasteiger partial charge in [-0.3, -0.25) is 4.79 Å². The molecule has 1 aliphatic heterocycles. The highest BCUT2D eigenvalue weighted by Crippen LogP contribution is 2.27. The zero-order chi connectivity index (χ0) is 16.4. The van der Waals surface area contributed by atoms with Crippen molar-refractivity contribution in [3.8, 4) is 0 Å². The Kier molecular flexibility index (Phi) is 4.23. The second kappa shape index (κ2) is 6.32. The van der Waals surface area contributed by atoms with Crippen LogP contribution in [0.1, 0.15) is 25.1 Å². The Morgan fingerprint density at radius 2 is 2.09 bits per heavy atom. The first kappa shape index (κ1) is 15.4. The number of hydrogen-bond acceptors (Lipinski definition) is 2. The van der Waals surface area contributed by atoms with E-state index in [1.165, 1.54) is 10.9 Å². The molecular weight excluding hydrogens is 292 g/mol. The van der Waals surface area contributed by atoms with Crippen molar-refractivity contribution in [2.24, 2.45) is 0 Å². The van der Waals surface area contributed by atoms with Gasteiger partial charge in [-0.1, -0.05) is 18.2 Å². The fourth-order valence-electron chi connectivity index (χ4n) is 3.01. The minimum Gasteiger partial charge on any atom is -0.357 e. The van der Waals surface area contributed by atoms with Crippen LogP contribution in [-0.4, -0.2) is 41.0 Å². The van der Waals surface area contributed by atoms with Crippen molar-refractivity contribution in [3.63, 3.8) is 0 Å². The van der Waals surface area contributed by atoms with Gasteiger partial charge in [-0.25, -0.2) is 4.79 Å². The number of amides is 3. The molecule has 1 aromatic heterocycles. The van der Waals surface area contributed by atoms with E-state index < -0.39 is 0 Å². The molecule has 6 heteroatoms. The number of nitrogens with one attached hydrogen (secondary N) is 3. The molecule has 0 saturated heterocycles. The van der Waals surface area contributed by atoms with Gasteiger partial charge in [-0.15, -0.1) is 0 Å². The van der Waals surface area contributed by atoms with Crippen LogP contribution in [0.5, 0.6) is 0 Å². The average molecular weight is 314 g/mol. The van der Waals surface area contributed by atoms with Gasteiger partial charge in [0.1, 0.15) is 0 Å². The van der Waals surface area contributed by atoms with Gasteiger partial charge in [0.2, 0.25) is 5.91 Å². The van der Waals surface area contributed by atoms with Crippen LogP contribution in [0.3, 0.4) is 0 Å². The van der Waals surface area contributed by atoms with Gasteiger partial charge in [-0.2, -0.15) is 0 Å². The molecule has 0 aliphatic carbocycles. The highest BCUT2D eigenvalue weighted by molar-refractivity contribution is 5.86. The topological polar surface area (TPSA) is 77.2 Å². The molecule has 0 fully saturated rings. The lowest BCUT2D eigenvalue weighted by atomic mass is 10.0. The molecule has 0 radical (unpaired) electrons. The summed E-state index contributed by atoms with van der Waals surface area (Å²) in [6, 6.07) is 8.06. The van der Waals surface area contributed by atoms with Crippen molar-refractivity contribution in [2.45, 2.75) is 32.9 Å². The summed E-state index contributed by atoms with van der Waals surface area (Å²) >= 11 is 0. The Labute approximate surface area is 135 Å². The first-order valence-corrected chi connectivity index (χ1v) is 7.95. The number of carbonyl (C=O) groups is 2. The van der Waals surface area contributed by atoms with E-state index in [2.05, 4.69) is 21.7 Å². The van der Waals surface area contributed by atoms with Crippen molar-refractivity contribution in [3.05, 3.63) is 35.5 Å². The zero-order valence-electron chi connectivity index (χ0n) is 13.5. The van der Waals surface area contributed by atoms with Crippen molar-refractivity contribution in [1.29, 1.82) is 0 Å². The van der Waals surface area contributed by atoms with Crippen molar-refractivity contribution < 1.29 is 9.59 Å². The van der Waals surface area contributed by atoms with Crippen LogP contribution in [0, 0.1) is 0 Å². The maximum atomic E-state index is 12.2. The number of para-hydroxylation sites is 1. The zero-order valence-corrected chi connectivity index (χ0v) is 13.5. The molecule has 122 valence electrons. The number of nitrogens with zero attached hydrogens (tertiary/aromatic N) is 1. The molecule has 1 aliphatic rings.